The summed E-state index contributed by atoms with van der Waals surface area (Å²) in [5, 5.41) is 8.50. The Morgan fingerprint density at radius 1 is 1.24 bits per heavy atom. The summed E-state index contributed by atoms with van der Waals surface area (Å²) in [5.41, 5.74) is 1.76. The van der Waals surface area contributed by atoms with Gasteiger partial charge in [0, 0.05) is 18.0 Å². The van der Waals surface area contributed by atoms with Gasteiger partial charge in [-0.25, -0.2) is 0 Å². The fraction of sp³-hybridized carbons (Fsp3) is 0.444. The van der Waals surface area contributed by atoms with Crippen molar-refractivity contribution in [1.29, 1.82) is 0 Å². The molecule has 1 aliphatic carbocycles. The summed E-state index contributed by atoms with van der Waals surface area (Å²) in [6, 6.07) is 3.64. The predicted molar refractivity (Wildman–Crippen MR) is 99.9 cm³/mol. The van der Waals surface area contributed by atoms with Crippen LogP contribution >= 0.6 is 22.7 Å². The molecule has 0 aromatic carbocycles. The van der Waals surface area contributed by atoms with Crippen LogP contribution in [0.3, 0.4) is 0 Å². The Morgan fingerprint density at radius 3 is 2.92 bits per heavy atom. The number of ether oxygens (including phenoxy) is 1. The summed E-state index contributed by atoms with van der Waals surface area (Å²) in [6.07, 6.45) is 5.12. The Kier molecular flexibility index (Phi) is 4.87. The Labute approximate surface area is 154 Å². The van der Waals surface area contributed by atoms with E-state index < -0.39 is 0 Å². The maximum Gasteiger partial charge on any atom is 0.266 e. The molecule has 2 aromatic rings. The van der Waals surface area contributed by atoms with E-state index in [-0.39, 0.29) is 17.9 Å². The van der Waals surface area contributed by atoms with Crippen LogP contribution in [0.1, 0.15) is 49.7 Å². The van der Waals surface area contributed by atoms with Gasteiger partial charge in [-0.2, -0.15) is 0 Å². The number of hydrogen-bond acceptors (Lipinski definition) is 5. The molecule has 2 aromatic heterocycles. The normalized spacial score (nSPS) is 19.0. The highest BCUT2D eigenvalue weighted by Crippen LogP contribution is 2.39. The van der Waals surface area contributed by atoms with Crippen LogP contribution in [0.15, 0.2) is 17.5 Å². The van der Waals surface area contributed by atoms with Gasteiger partial charge in [-0.15, -0.1) is 22.7 Å². The van der Waals surface area contributed by atoms with Crippen molar-refractivity contribution in [3.05, 3.63) is 38.4 Å². The number of thiophene rings is 2. The van der Waals surface area contributed by atoms with E-state index in [1.807, 2.05) is 11.4 Å². The van der Waals surface area contributed by atoms with Gasteiger partial charge in [0.25, 0.3) is 11.8 Å². The van der Waals surface area contributed by atoms with Crippen LogP contribution in [0.4, 0.5) is 5.00 Å². The third-order valence-corrected chi connectivity index (χ3v) is 6.71. The summed E-state index contributed by atoms with van der Waals surface area (Å²) in [6.45, 7) is 1.30. The molecular formula is C18H20N2O3S2. The Morgan fingerprint density at radius 2 is 2.16 bits per heavy atom. The zero-order chi connectivity index (χ0) is 17.2. The van der Waals surface area contributed by atoms with Crippen LogP contribution in [-0.2, 0) is 17.6 Å². The first-order valence-electron chi connectivity index (χ1n) is 8.61. The van der Waals surface area contributed by atoms with Crippen molar-refractivity contribution >= 4 is 39.5 Å². The molecule has 4 rings (SSSR count). The molecule has 1 saturated heterocycles. The molecule has 2 aliphatic rings. The Balaban J connectivity index is 1.53. The first-order chi connectivity index (χ1) is 12.2. The molecule has 1 atom stereocenters. The predicted octanol–water partition coefficient (Wildman–Crippen LogP) is 3.46. The molecule has 0 saturated carbocycles. The van der Waals surface area contributed by atoms with Gasteiger partial charge in [-0.05, 0) is 49.1 Å². The number of anilines is 1. The van der Waals surface area contributed by atoms with Gasteiger partial charge in [-0.3, -0.25) is 9.59 Å². The van der Waals surface area contributed by atoms with Crippen molar-refractivity contribution in [3.63, 3.8) is 0 Å². The molecule has 1 fully saturated rings. The van der Waals surface area contributed by atoms with Crippen molar-refractivity contribution in [2.24, 2.45) is 0 Å². The minimum Gasteiger partial charge on any atom is -0.376 e. The third kappa shape index (κ3) is 3.49. The highest BCUT2D eigenvalue weighted by Gasteiger charge is 2.28. The number of nitrogens with one attached hydrogen (secondary N) is 2. The van der Waals surface area contributed by atoms with Crippen molar-refractivity contribution in [2.45, 2.75) is 38.2 Å². The number of aryl methyl sites for hydroxylation is 1. The first-order valence-corrected chi connectivity index (χ1v) is 10.3. The van der Waals surface area contributed by atoms with E-state index in [0.29, 0.717) is 22.0 Å². The second kappa shape index (κ2) is 7.27. The van der Waals surface area contributed by atoms with Crippen molar-refractivity contribution in [3.8, 4) is 0 Å². The van der Waals surface area contributed by atoms with Crippen molar-refractivity contribution in [1.82, 2.24) is 5.32 Å². The zero-order valence-electron chi connectivity index (χ0n) is 13.8. The van der Waals surface area contributed by atoms with E-state index in [2.05, 4.69) is 10.6 Å². The molecule has 0 unspecified atom stereocenters. The first kappa shape index (κ1) is 16.8. The topological polar surface area (TPSA) is 67.4 Å². The molecule has 132 valence electrons. The molecule has 3 heterocycles. The lowest BCUT2D eigenvalue weighted by atomic mass is 10.1. The average Bonchev–Trinajstić information content (AvgIpc) is 3.35. The second-order valence-electron chi connectivity index (χ2n) is 6.34. The molecule has 0 bridgehead atoms. The van der Waals surface area contributed by atoms with E-state index >= 15 is 0 Å². The van der Waals surface area contributed by atoms with Crippen molar-refractivity contribution < 1.29 is 14.3 Å². The van der Waals surface area contributed by atoms with Crippen LogP contribution < -0.4 is 10.6 Å². The SMILES string of the molecule is O=C(Nc1sc2c(c1C(=O)NC[C@@H]1CCCO1)CCC2)c1cccs1. The van der Waals surface area contributed by atoms with Gasteiger partial charge < -0.3 is 15.4 Å². The fourth-order valence-electron chi connectivity index (χ4n) is 3.41. The van der Waals surface area contributed by atoms with Crippen LogP contribution in [-0.4, -0.2) is 31.1 Å². The summed E-state index contributed by atoms with van der Waals surface area (Å²) < 4.78 is 5.58. The molecule has 25 heavy (non-hydrogen) atoms. The molecule has 2 N–H and O–H groups in total. The molecule has 1 aliphatic heterocycles. The van der Waals surface area contributed by atoms with Crippen LogP contribution in [0, 0.1) is 0 Å². The number of amides is 2. The molecule has 5 nitrogen and oxygen atoms in total. The standard InChI is InChI=1S/C18H20N2O3S2/c21-16(14-7-3-9-24-14)20-18-15(12-5-1-6-13(12)25-18)17(22)19-10-11-4-2-8-23-11/h3,7,9,11H,1-2,4-6,8,10H2,(H,19,22)(H,20,21)/t11-/m0/s1. The molecule has 2 amide bonds. The van der Waals surface area contributed by atoms with Gasteiger partial charge in [0.2, 0.25) is 0 Å². The minimum absolute atomic E-state index is 0.101. The summed E-state index contributed by atoms with van der Waals surface area (Å²) >= 11 is 2.94. The molecule has 0 radical (unpaired) electrons. The maximum atomic E-state index is 12.8. The van der Waals surface area contributed by atoms with Gasteiger partial charge >= 0.3 is 0 Å². The number of carbonyl (C=O) groups is 2. The summed E-state index contributed by atoms with van der Waals surface area (Å²) in [7, 11) is 0. The minimum atomic E-state index is -0.150. The number of fused-ring (bicyclic) bond motifs is 1. The van der Waals surface area contributed by atoms with Gasteiger partial charge in [0.15, 0.2) is 0 Å². The lowest BCUT2D eigenvalue weighted by Gasteiger charge is -2.12. The largest absolute Gasteiger partial charge is 0.376 e. The number of carbonyl (C=O) groups excluding carboxylic acids is 2. The zero-order valence-corrected chi connectivity index (χ0v) is 15.4. The quantitative estimate of drug-likeness (QED) is 0.840. The van der Waals surface area contributed by atoms with Gasteiger partial charge in [0.1, 0.15) is 5.00 Å². The van der Waals surface area contributed by atoms with E-state index in [0.717, 1.165) is 44.3 Å². The third-order valence-electron chi connectivity index (χ3n) is 4.63. The van der Waals surface area contributed by atoms with E-state index in [1.54, 1.807) is 17.4 Å². The maximum absolute atomic E-state index is 12.8. The molecule has 0 spiro atoms. The fourth-order valence-corrected chi connectivity index (χ4v) is 5.31. The second-order valence-corrected chi connectivity index (χ2v) is 8.39. The van der Waals surface area contributed by atoms with E-state index in [4.69, 9.17) is 4.74 Å². The smallest absolute Gasteiger partial charge is 0.266 e. The highest BCUT2D eigenvalue weighted by molar-refractivity contribution is 7.17. The van der Waals surface area contributed by atoms with Crippen LogP contribution in [0.25, 0.3) is 0 Å². The summed E-state index contributed by atoms with van der Waals surface area (Å²) in [4.78, 5) is 27.1. The Bertz CT molecular complexity index is 777. The number of rotatable bonds is 5. The highest BCUT2D eigenvalue weighted by atomic mass is 32.1. The van der Waals surface area contributed by atoms with Crippen LogP contribution in [0.2, 0.25) is 0 Å². The van der Waals surface area contributed by atoms with E-state index in [9.17, 15) is 9.59 Å². The van der Waals surface area contributed by atoms with Gasteiger partial charge in [0.05, 0.1) is 16.5 Å². The summed E-state index contributed by atoms with van der Waals surface area (Å²) in [5.74, 6) is -0.250. The lowest BCUT2D eigenvalue weighted by Crippen LogP contribution is -2.32. The van der Waals surface area contributed by atoms with E-state index in [1.165, 1.54) is 16.2 Å². The van der Waals surface area contributed by atoms with Crippen molar-refractivity contribution in [2.75, 3.05) is 18.5 Å². The lowest BCUT2D eigenvalue weighted by molar-refractivity contribution is 0.0858. The van der Waals surface area contributed by atoms with Gasteiger partial charge in [-0.1, -0.05) is 6.07 Å². The number of hydrogen-bond donors (Lipinski definition) is 2. The average molecular weight is 377 g/mol. The monoisotopic (exact) mass is 376 g/mol. The molecule has 7 heteroatoms. The molecular weight excluding hydrogens is 356 g/mol. The van der Waals surface area contributed by atoms with Crippen LogP contribution in [0.5, 0.6) is 0 Å². The Hall–Kier alpha value is -1.70.